The highest BCUT2D eigenvalue weighted by Gasteiger charge is 2.41. The van der Waals surface area contributed by atoms with Gasteiger partial charge in [0.05, 0.1) is 30.0 Å². The molecular weight excluding hydrogens is 386 g/mol. The standard InChI is InChI=1S/C24H27N7/c25-13-17-6-8-18(9-7-17)14-26-24-21-12-20(10-11-22(21)27-29-24)23-16-31(30-28-23)15-19-4-2-1-3-5-19/h1-9,16,20-22,24,26-27,29H,10-12,14-15H2. The number of hydrogen-bond acceptors (Lipinski definition) is 6. The van der Waals surface area contributed by atoms with Crippen LogP contribution in [0.3, 0.4) is 0 Å². The molecule has 2 aromatic carbocycles. The molecule has 2 fully saturated rings. The zero-order valence-electron chi connectivity index (χ0n) is 17.4. The molecular formula is C24H27N7. The average molecular weight is 414 g/mol. The van der Waals surface area contributed by atoms with E-state index in [-0.39, 0.29) is 6.17 Å². The van der Waals surface area contributed by atoms with Crippen LogP contribution < -0.4 is 16.2 Å². The fourth-order valence-electron chi connectivity index (χ4n) is 4.80. The maximum Gasteiger partial charge on any atom is 0.0991 e. The van der Waals surface area contributed by atoms with Crippen LogP contribution in [0.25, 0.3) is 0 Å². The first-order chi connectivity index (χ1) is 15.3. The Bertz CT molecular complexity index is 1040. The third kappa shape index (κ3) is 4.52. The van der Waals surface area contributed by atoms with Crippen LogP contribution in [0.15, 0.2) is 60.8 Å². The van der Waals surface area contributed by atoms with Crippen molar-refractivity contribution in [3.63, 3.8) is 0 Å². The molecule has 0 radical (unpaired) electrons. The fraction of sp³-hybridized carbons (Fsp3) is 0.375. The van der Waals surface area contributed by atoms with Gasteiger partial charge in [0.1, 0.15) is 0 Å². The molecule has 1 aliphatic heterocycles. The zero-order chi connectivity index (χ0) is 21.0. The van der Waals surface area contributed by atoms with E-state index in [1.807, 2.05) is 35.0 Å². The summed E-state index contributed by atoms with van der Waals surface area (Å²) in [4.78, 5) is 0. The van der Waals surface area contributed by atoms with Crippen molar-refractivity contribution in [2.24, 2.45) is 5.92 Å². The third-order valence-electron chi connectivity index (χ3n) is 6.52. The summed E-state index contributed by atoms with van der Waals surface area (Å²) in [6.07, 6.45) is 5.67. The molecule has 3 aromatic rings. The second-order valence-electron chi connectivity index (χ2n) is 8.56. The van der Waals surface area contributed by atoms with Crippen molar-refractivity contribution in [3.05, 3.63) is 83.2 Å². The summed E-state index contributed by atoms with van der Waals surface area (Å²) in [6, 6.07) is 20.8. The number of rotatable bonds is 6. The van der Waals surface area contributed by atoms with Crippen LogP contribution in [-0.4, -0.2) is 27.2 Å². The minimum absolute atomic E-state index is 0.211. The number of benzene rings is 2. The lowest BCUT2D eigenvalue weighted by atomic mass is 9.76. The highest BCUT2D eigenvalue weighted by atomic mass is 15.5. The molecule has 4 unspecified atom stereocenters. The number of hydrazine groups is 1. The summed E-state index contributed by atoms with van der Waals surface area (Å²) >= 11 is 0. The minimum atomic E-state index is 0.211. The topological polar surface area (TPSA) is 90.6 Å². The van der Waals surface area contributed by atoms with Gasteiger partial charge in [0.2, 0.25) is 0 Å². The maximum atomic E-state index is 8.96. The van der Waals surface area contributed by atoms with Crippen molar-refractivity contribution in [2.75, 3.05) is 0 Å². The molecule has 158 valence electrons. The van der Waals surface area contributed by atoms with E-state index in [1.54, 1.807) is 0 Å². The SMILES string of the molecule is N#Cc1ccc(CNC2NNC3CCC(c4cn(Cc5ccccc5)nn4)CC32)cc1. The minimum Gasteiger partial charge on any atom is -0.297 e. The number of aromatic nitrogens is 3. The maximum absolute atomic E-state index is 8.96. The Morgan fingerprint density at radius 3 is 2.68 bits per heavy atom. The van der Waals surface area contributed by atoms with E-state index in [0.29, 0.717) is 23.4 Å². The molecule has 5 rings (SSSR count). The van der Waals surface area contributed by atoms with Crippen LogP contribution in [0.2, 0.25) is 0 Å². The predicted octanol–water partition coefficient (Wildman–Crippen LogP) is 2.67. The number of fused-ring (bicyclic) bond motifs is 1. The molecule has 7 heteroatoms. The lowest BCUT2D eigenvalue weighted by Gasteiger charge is -2.32. The molecule has 1 saturated heterocycles. The molecule has 3 N–H and O–H groups in total. The number of hydrogen-bond donors (Lipinski definition) is 3. The highest BCUT2D eigenvalue weighted by molar-refractivity contribution is 5.31. The fourth-order valence-corrected chi connectivity index (χ4v) is 4.80. The molecule has 1 aromatic heterocycles. The summed E-state index contributed by atoms with van der Waals surface area (Å²) in [5.74, 6) is 0.933. The molecule has 1 saturated carbocycles. The Kier molecular flexibility index (Phi) is 5.76. The highest BCUT2D eigenvalue weighted by Crippen LogP contribution is 2.38. The Labute approximate surface area is 182 Å². The Balaban J connectivity index is 1.20. The largest absolute Gasteiger partial charge is 0.297 e. The van der Waals surface area contributed by atoms with Gasteiger partial charge in [-0.2, -0.15) is 5.26 Å². The second-order valence-corrected chi connectivity index (χ2v) is 8.56. The van der Waals surface area contributed by atoms with Crippen molar-refractivity contribution >= 4 is 0 Å². The van der Waals surface area contributed by atoms with E-state index in [0.717, 1.165) is 38.0 Å². The van der Waals surface area contributed by atoms with Gasteiger partial charge in [-0.1, -0.05) is 47.7 Å². The van der Waals surface area contributed by atoms with Crippen LogP contribution in [0, 0.1) is 17.2 Å². The molecule has 0 spiro atoms. The van der Waals surface area contributed by atoms with Crippen molar-refractivity contribution in [3.8, 4) is 6.07 Å². The van der Waals surface area contributed by atoms with E-state index in [9.17, 15) is 0 Å². The van der Waals surface area contributed by atoms with Gasteiger partial charge in [-0.3, -0.25) is 10.7 Å². The van der Waals surface area contributed by atoms with E-state index in [4.69, 9.17) is 5.26 Å². The molecule has 0 bridgehead atoms. The summed E-state index contributed by atoms with van der Waals surface area (Å²) in [5, 5.41) is 21.5. The molecule has 7 nitrogen and oxygen atoms in total. The van der Waals surface area contributed by atoms with Gasteiger partial charge in [-0.15, -0.1) is 5.10 Å². The van der Waals surface area contributed by atoms with Gasteiger partial charge in [0.25, 0.3) is 0 Å². The molecule has 2 aliphatic rings. The van der Waals surface area contributed by atoms with E-state index in [1.165, 1.54) is 11.1 Å². The van der Waals surface area contributed by atoms with Crippen molar-refractivity contribution < 1.29 is 0 Å². The van der Waals surface area contributed by atoms with Gasteiger partial charge in [0, 0.05) is 30.6 Å². The normalized spacial score (nSPS) is 25.1. The lowest BCUT2D eigenvalue weighted by Crippen LogP contribution is -2.44. The van der Waals surface area contributed by atoms with Crippen molar-refractivity contribution in [2.45, 2.75) is 50.5 Å². The lowest BCUT2D eigenvalue weighted by molar-refractivity contribution is 0.254. The summed E-state index contributed by atoms with van der Waals surface area (Å²) < 4.78 is 1.95. The van der Waals surface area contributed by atoms with Gasteiger partial charge in [-0.05, 0) is 42.5 Å². The van der Waals surface area contributed by atoms with Crippen molar-refractivity contribution in [1.82, 2.24) is 31.2 Å². The Morgan fingerprint density at radius 2 is 1.87 bits per heavy atom. The average Bonchev–Trinajstić information content (AvgIpc) is 3.45. The number of nitriles is 1. The quantitative estimate of drug-likeness (QED) is 0.576. The first-order valence-corrected chi connectivity index (χ1v) is 11.0. The second kappa shape index (κ2) is 8.98. The molecule has 0 amide bonds. The molecule has 1 aliphatic carbocycles. The number of nitrogens with zero attached hydrogens (tertiary/aromatic N) is 4. The number of nitrogens with one attached hydrogen (secondary N) is 3. The van der Waals surface area contributed by atoms with Gasteiger partial charge < -0.3 is 0 Å². The van der Waals surface area contributed by atoms with Gasteiger partial charge in [-0.25, -0.2) is 10.1 Å². The smallest absolute Gasteiger partial charge is 0.0991 e. The predicted molar refractivity (Wildman–Crippen MR) is 117 cm³/mol. The molecule has 4 atom stereocenters. The van der Waals surface area contributed by atoms with E-state index >= 15 is 0 Å². The van der Waals surface area contributed by atoms with Crippen LogP contribution in [0.5, 0.6) is 0 Å². The van der Waals surface area contributed by atoms with E-state index in [2.05, 4.69) is 63.0 Å². The first kappa shape index (κ1) is 19.9. The van der Waals surface area contributed by atoms with Crippen LogP contribution in [0.4, 0.5) is 0 Å². The first-order valence-electron chi connectivity index (χ1n) is 11.0. The summed E-state index contributed by atoms with van der Waals surface area (Å²) in [7, 11) is 0. The van der Waals surface area contributed by atoms with Crippen LogP contribution in [-0.2, 0) is 13.1 Å². The van der Waals surface area contributed by atoms with Crippen LogP contribution >= 0.6 is 0 Å². The molecule has 2 heterocycles. The van der Waals surface area contributed by atoms with Gasteiger partial charge >= 0.3 is 0 Å². The van der Waals surface area contributed by atoms with Gasteiger partial charge in [0.15, 0.2) is 0 Å². The third-order valence-corrected chi connectivity index (χ3v) is 6.52. The summed E-state index contributed by atoms with van der Waals surface area (Å²) in [5.41, 5.74) is 11.1. The Morgan fingerprint density at radius 1 is 1.03 bits per heavy atom. The summed E-state index contributed by atoms with van der Waals surface area (Å²) in [6.45, 7) is 1.52. The van der Waals surface area contributed by atoms with E-state index < -0.39 is 0 Å². The zero-order valence-corrected chi connectivity index (χ0v) is 17.4. The Hall–Kier alpha value is -3.05. The van der Waals surface area contributed by atoms with Crippen molar-refractivity contribution in [1.29, 1.82) is 5.26 Å². The monoisotopic (exact) mass is 413 g/mol. The van der Waals surface area contributed by atoms with Crippen LogP contribution in [0.1, 0.15) is 47.6 Å². The molecule has 31 heavy (non-hydrogen) atoms.